The molecular weight excluding hydrogens is 410 g/mol. The van der Waals surface area contributed by atoms with Gasteiger partial charge in [-0.25, -0.2) is 14.6 Å². The molecule has 13 heteroatoms. The van der Waals surface area contributed by atoms with E-state index in [0.29, 0.717) is 5.56 Å². The molecule has 2 aromatic heterocycles. The van der Waals surface area contributed by atoms with Crippen molar-refractivity contribution in [1.82, 2.24) is 19.7 Å². The molecule has 0 fully saturated rings. The van der Waals surface area contributed by atoms with Crippen LogP contribution in [0.15, 0.2) is 24.3 Å². The maximum absolute atomic E-state index is 12.6. The van der Waals surface area contributed by atoms with E-state index in [1.165, 1.54) is 25.3 Å². The summed E-state index contributed by atoms with van der Waals surface area (Å²) in [5.74, 6) is -3.94. The molecule has 0 aliphatic heterocycles. The number of carboxylic acid groups (broad SMARTS) is 1. The minimum atomic E-state index is -1.38. The van der Waals surface area contributed by atoms with Crippen LogP contribution >= 0.6 is 0 Å². The van der Waals surface area contributed by atoms with Crippen LogP contribution in [-0.2, 0) is 11.3 Å². The molecule has 0 atom stereocenters. The van der Waals surface area contributed by atoms with Gasteiger partial charge in [-0.15, -0.1) is 0 Å². The number of fused-ring (bicyclic) bond motifs is 1. The summed E-state index contributed by atoms with van der Waals surface area (Å²) in [4.78, 5) is 55.3. The molecule has 3 rings (SSSR count). The number of aromatic carboxylic acids is 1. The molecule has 0 saturated carbocycles. The van der Waals surface area contributed by atoms with E-state index in [1.54, 1.807) is 0 Å². The maximum Gasteiger partial charge on any atom is 0.353 e. The highest BCUT2D eigenvalue weighted by atomic mass is 16.5. The molecule has 1 aromatic carbocycles. The van der Waals surface area contributed by atoms with E-state index < -0.39 is 23.8 Å². The second-order valence-electron chi connectivity index (χ2n) is 6.26. The number of nitrogens with zero attached hydrogens (tertiary/aromatic N) is 3. The lowest BCUT2D eigenvalue weighted by Gasteiger charge is -2.11. The number of esters is 1. The number of methoxy groups -OCH3 is 1. The van der Waals surface area contributed by atoms with Crippen LogP contribution in [0.1, 0.15) is 47.3 Å². The van der Waals surface area contributed by atoms with Crippen LogP contribution in [0.4, 0.5) is 11.8 Å². The van der Waals surface area contributed by atoms with Crippen molar-refractivity contribution >= 4 is 41.2 Å². The largest absolute Gasteiger partial charge is 0.477 e. The third kappa shape index (κ3) is 3.91. The van der Waals surface area contributed by atoms with Gasteiger partial charge in [0.1, 0.15) is 11.4 Å². The number of nitrogens with one attached hydrogen (secondary N) is 1. The fraction of sp³-hybridized carbons (Fsp3) is 0.111. The van der Waals surface area contributed by atoms with E-state index in [4.69, 9.17) is 17.2 Å². The van der Waals surface area contributed by atoms with Crippen LogP contribution in [0.2, 0.25) is 0 Å². The zero-order valence-corrected chi connectivity index (χ0v) is 16.1. The molecule has 0 saturated heterocycles. The van der Waals surface area contributed by atoms with Crippen molar-refractivity contribution in [1.29, 1.82) is 0 Å². The Morgan fingerprint density at radius 2 is 1.87 bits per heavy atom. The number of aromatic nitrogens is 3. The van der Waals surface area contributed by atoms with Gasteiger partial charge < -0.3 is 32.4 Å². The van der Waals surface area contributed by atoms with E-state index in [0.717, 1.165) is 10.5 Å². The highest BCUT2D eigenvalue weighted by Crippen LogP contribution is 2.19. The number of imidazole rings is 1. The number of carbonyl (C=O) groups is 4. The fourth-order valence-corrected chi connectivity index (χ4v) is 2.88. The van der Waals surface area contributed by atoms with Crippen molar-refractivity contribution in [2.45, 2.75) is 6.54 Å². The quantitative estimate of drug-likeness (QED) is 0.315. The number of carbonyl (C=O) groups excluding carboxylic acids is 3. The molecule has 0 radical (unpaired) electrons. The number of carboxylic acids is 1. The van der Waals surface area contributed by atoms with E-state index in [1.807, 2.05) is 0 Å². The number of hydrogen-bond acceptors (Lipinski definition) is 9. The number of anilines is 2. The normalized spacial score (nSPS) is 10.6. The second kappa shape index (κ2) is 7.98. The average molecular weight is 427 g/mol. The van der Waals surface area contributed by atoms with Crippen LogP contribution in [0.5, 0.6) is 0 Å². The Morgan fingerprint density at radius 3 is 2.48 bits per heavy atom. The number of benzene rings is 1. The van der Waals surface area contributed by atoms with Gasteiger partial charge >= 0.3 is 11.9 Å². The van der Waals surface area contributed by atoms with Crippen LogP contribution in [0.25, 0.3) is 5.65 Å². The van der Waals surface area contributed by atoms with Gasteiger partial charge in [0, 0.05) is 18.2 Å². The Morgan fingerprint density at radius 1 is 1.16 bits per heavy atom. The lowest BCUT2D eigenvalue weighted by molar-refractivity contribution is 0.0599. The zero-order valence-electron chi connectivity index (χ0n) is 16.1. The number of rotatable bonds is 6. The smallest absolute Gasteiger partial charge is 0.353 e. The van der Waals surface area contributed by atoms with Crippen molar-refractivity contribution in [3.05, 3.63) is 52.3 Å². The molecule has 0 bridgehead atoms. The van der Waals surface area contributed by atoms with Gasteiger partial charge in [0.2, 0.25) is 11.9 Å². The summed E-state index contributed by atoms with van der Waals surface area (Å²) in [6, 6.07) is 5.10. The summed E-state index contributed by atoms with van der Waals surface area (Å²) < 4.78 is 5.61. The molecule has 3 aromatic rings. The van der Waals surface area contributed by atoms with Crippen molar-refractivity contribution in [3.8, 4) is 0 Å². The lowest BCUT2D eigenvalue weighted by atomic mass is 10.0. The molecule has 0 aliphatic carbocycles. The van der Waals surface area contributed by atoms with Gasteiger partial charge in [-0.1, -0.05) is 6.07 Å². The average Bonchev–Trinajstić information content (AvgIpc) is 3.03. The Balaban J connectivity index is 1.92. The number of primary amides is 1. The first-order valence-electron chi connectivity index (χ1n) is 8.61. The molecule has 0 unspecified atom stereocenters. The van der Waals surface area contributed by atoms with Gasteiger partial charge in [0.15, 0.2) is 11.5 Å². The number of nitrogens with two attached hydrogens (primary N) is 3. The van der Waals surface area contributed by atoms with E-state index in [-0.39, 0.29) is 46.5 Å². The second-order valence-corrected chi connectivity index (χ2v) is 6.26. The molecule has 31 heavy (non-hydrogen) atoms. The predicted octanol–water partition coefficient (Wildman–Crippen LogP) is -0.593. The van der Waals surface area contributed by atoms with Crippen LogP contribution in [-0.4, -0.2) is 50.3 Å². The number of amides is 2. The van der Waals surface area contributed by atoms with Crippen molar-refractivity contribution in [2.75, 3.05) is 18.6 Å². The number of nitrogen functional groups attached to an aromatic ring is 2. The Kier molecular flexibility index (Phi) is 5.42. The van der Waals surface area contributed by atoms with Gasteiger partial charge in [0.05, 0.1) is 12.7 Å². The summed E-state index contributed by atoms with van der Waals surface area (Å²) in [6.45, 7) is -0.162. The lowest BCUT2D eigenvalue weighted by Crippen LogP contribution is -2.27. The first-order valence-corrected chi connectivity index (χ1v) is 8.61. The molecule has 2 amide bonds. The first-order chi connectivity index (χ1) is 14.6. The molecule has 2 heterocycles. The molecule has 160 valence electrons. The standard InChI is InChI=1S/C18H17N7O6/c1-31-17(30)7-2-3-8(9(4-7)13(20)26)6-22-15(27)10-5-11(16(28)29)25-14(23-10)12(19)24-18(25)21/h2-5H,6,19H2,1H3,(H2,20,26)(H2,21,24)(H,22,27)(H,28,29). The Labute approximate surface area is 173 Å². The maximum atomic E-state index is 12.6. The summed E-state index contributed by atoms with van der Waals surface area (Å²) in [5.41, 5.74) is 16.4. The summed E-state index contributed by atoms with van der Waals surface area (Å²) in [5, 5.41) is 11.9. The monoisotopic (exact) mass is 427 g/mol. The van der Waals surface area contributed by atoms with Crippen molar-refractivity contribution in [2.24, 2.45) is 5.73 Å². The third-order valence-corrected chi connectivity index (χ3v) is 4.33. The summed E-state index contributed by atoms with van der Waals surface area (Å²) in [7, 11) is 1.19. The summed E-state index contributed by atoms with van der Waals surface area (Å²) >= 11 is 0. The van der Waals surface area contributed by atoms with Crippen molar-refractivity contribution in [3.63, 3.8) is 0 Å². The third-order valence-electron chi connectivity index (χ3n) is 4.33. The topological polar surface area (TPSA) is 218 Å². The molecule has 8 N–H and O–H groups in total. The van der Waals surface area contributed by atoms with Gasteiger partial charge in [-0.05, 0) is 17.7 Å². The molecule has 0 spiro atoms. The summed E-state index contributed by atoms with van der Waals surface area (Å²) in [6.07, 6.45) is 0. The molecule has 0 aliphatic rings. The van der Waals surface area contributed by atoms with Crippen LogP contribution < -0.4 is 22.5 Å². The van der Waals surface area contributed by atoms with E-state index in [9.17, 15) is 24.3 Å². The zero-order chi connectivity index (χ0) is 22.9. The fourth-order valence-electron chi connectivity index (χ4n) is 2.88. The van der Waals surface area contributed by atoms with Crippen molar-refractivity contribution < 1.29 is 29.0 Å². The first kappa shape index (κ1) is 21.0. The number of hydrogen-bond donors (Lipinski definition) is 5. The molecular formula is C18H17N7O6. The Hall–Kier alpha value is -4.68. The SMILES string of the molecule is COC(=O)c1ccc(CNC(=O)c2cc(C(=O)O)n3c(N)nc(N)c3n2)c(C(N)=O)c1. The van der Waals surface area contributed by atoms with Crippen LogP contribution in [0, 0.1) is 0 Å². The number of ether oxygens (including phenoxy) is 1. The molecule has 13 nitrogen and oxygen atoms in total. The van der Waals surface area contributed by atoms with Gasteiger partial charge in [-0.3, -0.25) is 14.0 Å². The van der Waals surface area contributed by atoms with E-state index >= 15 is 0 Å². The van der Waals surface area contributed by atoms with Gasteiger partial charge in [-0.2, -0.15) is 4.98 Å². The van der Waals surface area contributed by atoms with Gasteiger partial charge in [0.25, 0.3) is 5.91 Å². The van der Waals surface area contributed by atoms with E-state index in [2.05, 4.69) is 20.0 Å². The minimum absolute atomic E-state index is 0.00523. The predicted molar refractivity (Wildman–Crippen MR) is 106 cm³/mol. The highest BCUT2D eigenvalue weighted by molar-refractivity contribution is 5.99. The highest BCUT2D eigenvalue weighted by Gasteiger charge is 2.21. The minimum Gasteiger partial charge on any atom is -0.477 e. The Bertz CT molecular complexity index is 1250. The van der Waals surface area contributed by atoms with Crippen LogP contribution in [0.3, 0.4) is 0 Å².